The Bertz CT molecular complexity index is 305. The largest absolute Gasteiger partial charge is 0.355 e. The number of carbonyl (C=O) groups excluding carboxylic acids is 1. The molecule has 5 heteroatoms. The topological polar surface area (TPSA) is 65.5 Å². The Morgan fingerprint density at radius 2 is 1.63 bits per heavy atom. The van der Waals surface area contributed by atoms with Crippen LogP contribution >= 0.6 is 0 Å². The van der Waals surface area contributed by atoms with E-state index in [9.17, 15) is 4.79 Å². The van der Waals surface area contributed by atoms with E-state index < -0.39 is 0 Å². The Balaban J connectivity index is 3.96. The third-order valence-corrected chi connectivity index (χ3v) is 2.97. The van der Waals surface area contributed by atoms with Gasteiger partial charge in [0.15, 0.2) is 5.96 Å². The Hall–Kier alpha value is -1.26. The molecule has 0 bridgehead atoms. The fourth-order valence-electron chi connectivity index (χ4n) is 1.20. The molecule has 0 saturated heterocycles. The lowest BCUT2D eigenvalue weighted by Gasteiger charge is -2.21. The Morgan fingerprint density at radius 3 is 2.05 bits per heavy atom. The maximum Gasteiger partial charge on any atom is 0.225 e. The summed E-state index contributed by atoms with van der Waals surface area (Å²) in [6.07, 6.45) is 0. The van der Waals surface area contributed by atoms with Crippen molar-refractivity contribution in [1.82, 2.24) is 16.0 Å². The Kier molecular flexibility index (Phi) is 7.49. The molecule has 0 aliphatic carbocycles. The number of carbonyl (C=O) groups is 1. The number of hydrogen-bond donors (Lipinski definition) is 3. The second kappa shape index (κ2) is 8.02. The van der Waals surface area contributed by atoms with Crippen LogP contribution < -0.4 is 16.0 Å². The van der Waals surface area contributed by atoms with Crippen molar-refractivity contribution in [2.75, 3.05) is 20.1 Å². The van der Waals surface area contributed by atoms with Crippen LogP contribution in [0.1, 0.15) is 41.5 Å². The van der Waals surface area contributed by atoms with Gasteiger partial charge < -0.3 is 16.0 Å². The number of nitrogens with zero attached hydrogens (tertiary/aromatic N) is 1. The summed E-state index contributed by atoms with van der Waals surface area (Å²) in [5.41, 5.74) is -0.341. The highest BCUT2D eigenvalue weighted by atomic mass is 16.2. The van der Waals surface area contributed by atoms with Crippen molar-refractivity contribution < 1.29 is 4.79 Å². The second-order valence-corrected chi connectivity index (χ2v) is 6.18. The van der Waals surface area contributed by atoms with E-state index in [-0.39, 0.29) is 11.3 Å². The quantitative estimate of drug-likeness (QED) is 0.401. The van der Waals surface area contributed by atoms with Gasteiger partial charge in [-0.3, -0.25) is 9.79 Å². The molecule has 0 radical (unpaired) electrons. The SMILES string of the molecule is CN=C(NCCNC(=O)C(C)(C)C)NC(C)C(C)C. The predicted molar refractivity (Wildman–Crippen MR) is 81.3 cm³/mol. The van der Waals surface area contributed by atoms with E-state index in [1.807, 2.05) is 20.8 Å². The number of rotatable bonds is 5. The van der Waals surface area contributed by atoms with Crippen molar-refractivity contribution in [1.29, 1.82) is 0 Å². The van der Waals surface area contributed by atoms with Gasteiger partial charge in [-0.1, -0.05) is 34.6 Å². The molecular formula is C14H30N4O. The fraction of sp³-hybridized carbons (Fsp3) is 0.857. The van der Waals surface area contributed by atoms with E-state index in [1.165, 1.54) is 0 Å². The maximum atomic E-state index is 11.7. The predicted octanol–water partition coefficient (Wildman–Crippen LogP) is 1.36. The van der Waals surface area contributed by atoms with E-state index in [2.05, 4.69) is 41.7 Å². The number of aliphatic imine (C=N–C) groups is 1. The van der Waals surface area contributed by atoms with Gasteiger partial charge in [0.2, 0.25) is 5.91 Å². The number of hydrogen-bond acceptors (Lipinski definition) is 2. The summed E-state index contributed by atoms with van der Waals surface area (Å²) < 4.78 is 0. The van der Waals surface area contributed by atoms with Crippen LogP contribution in [0, 0.1) is 11.3 Å². The van der Waals surface area contributed by atoms with Crippen LogP contribution in [0.3, 0.4) is 0 Å². The van der Waals surface area contributed by atoms with Crippen molar-refractivity contribution in [3.8, 4) is 0 Å². The van der Waals surface area contributed by atoms with Crippen molar-refractivity contribution in [3.63, 3.8) is 0 Å². The van der Waals surface area contributed by atoms with Crippen molar-refractivity contribution in [2.24, 2.45) is 16.3 Å². The zero-order valence-electron chi connectivity index (χ0n) is 13.4. The van der Waals surface area contributed by atoms with Gasteiger partial charge in [-0.2, -0.15) is 0 Å². The molecule has 0 aliphatic rings. The molecule has 0 aromatic carbocycles. The van der Waals surface area contributed by atoms with Crippen molar-refractivity contribution in [2.45, 2.75) is 47.6 Å². The lowest BCUT2D eigenvalue weighted by atomic mass is 9.96. The third kappa shape index (κ3) is 7.70. The van der Waals surface area contributed by atoms with E-state index in [1.54, 1.807) is 7.05 Å². The molecule has 0 aromatic heterocycles. The van der Waals surface area contributed by atoms with Crippen LogP contribution in [-0.4, -0.2) is 38.0 Å². The second-order valence-electron chi connectivity index (χ2n) is 6.18. The summed E-state index contributed by atoms with van der Waals surface area (Å²) in [5, 5.41) is 9.39. The summed E-state index contributed by atoms with van der Waals surface area (Å²) in [5.74, 6) is 1.37. The van der Waals surface area contributed by atoms with E-state index in [4.69, 9.17) is 0 Å². The smallest absolute Gasteiger partial charge is 0.225 e. The highest BCUT2D eigenvalue weighted by Crippen LogP contribution is 2.11. The van der Waals surface area contributed by atoms with Crippen LogP contribution in [-0.2, 0) is 4.79 Å². The molecule has 0 saturated carbocycles. The summed E-state index contributed by atoms with van der Waals surface area (Å²) in [6.45, 7) is 13.4. The molecule has 1 amide bonds. The molecule has 3 N–H and O–H groups in total. The van der Waals surface area contributed by atoms with E-state index >= 15 is 0 Å². The number of nitrogens with one attached hydrogen (secondary N) is 3. The minimum absolute atomic E-state index is 0.0628. The zero-order chi connectivity index (χ0) is 15.1. The lowest BCUT2D eigenvalue weighted by molar-refractivity contribution is -0.128. The first-order valence-electron chi connectivity index (χ1n) is 6.94. The van der Waals surface area contributed by atoms with Gasteiger partial charge in [-0.05, 0) is 12.8 Å². The molecule has 1 atom stereocenters. The van der Waals surface area contributed by atoms with Gasteiger partial charge in [-0.15, -0.1) is 0 Å². The monoisotopic (exact) mass is 270 g/mol. The van der Waals surface area contributed by atoms with Crippen LogP contribution in [0.4, 0.5) is 0 Å². The van der Waals surface area contributed by atoms with Crippen molar-refractivity contribution >= 4 is 11.9 Å². The van der Waals surface area contributed by atoms with Crippen LogP contribution in [0.15, 0.2) is 4.99 Å². The Labute approximate surface area is 117 Å². The number of guanidine groups is 1. The van der Waals surface area contributed by atoms with Crippen molar-refractivity contribution in [3.05, 3.63) is 0 Å². The normalized spacial score (nSPS) is 14.2. The molecule has 0 aromatic rings. The zero-order valence-corrected chi connectivity index (χ0v) is 13.4. The maximum absolute atomic E-state index is 11.7. The highest BCUT2D eigenvalue weighted by Gasteiger charge is 2.20. The first-order chi connectivity index (χ1) is 8.68. The standard InChI is InChI=1S/C14H30N4O/c1-10(2)11(3)18-13(15-7)17-9-8-16-12(19)14(4,5)6/h10-11H,8-9H2,1-7H3,(H,16,19)(H2,15,17,18). The van der Waals surface area contributed by atoms with Crippen LogP contribution in [0.5, 0.6) is 0 Å². The molecule has 0 heterocycles. The first kappa shape index (κ1) is 17.7. The molecular weight excluding hydrogens is 240 g/mol. The molecule has 19 heavy (non-hydrogen) atoms. The highest BCUT2D eigenvalue weighted by molar-refractivity contribution is 5.81. The molecule has 0 rings (SSSR count). The molecule has 112 valence electrons. The van der Waals surface area contributed by atoms with Gasteiger partial charge in [0.1, 0.15) is 0 Å². The van der Waals surface area contributed by atoms with Gasteiger partial charge in [0, 0.05) is 31.6 Å². The van der Waals surface area contributed by atoms with E-state index in [0.717, 1.165) is 5.96 Å². The Morgan fingerprint density at radius 1 is 1.11 bits per heavy atom. The molecule has 0 aliphatic heterocycles. The van der Waals surface area contributed by atoms with Crippen LogP contribution in [0.2, 0.25) is 0 Å². The minimum Gasteiger partial charge on any atom is -0.355 e. The van der Waals surface area contributed by atoms with Gasteiger partial charge >= 0.3 is 0 Å². The third-order valence-electron chi connectivity index (χ3n) is 2.97. The lowest BCUT2D eigenvalue weighted by Crippen LogP contribution is -2.47. The first-order valence-corrected chi connectivity index (χ1v) is 6.94. The van der Waals surface area contributed by atoms with Gasteiger partial charge in [0.25, 0.3) is 0 Å². The van der Waals surface area contributed by atoms with E-state index in [0.29, 0.717) is 25.0 Å². The molecule has 5 nitrogen and oxygen atoms in total. The molecule has 1 unspecified atom stereocenters. The molecule has 0 spiro atoms. The minimum atomic E-state index is -0.341. The van der Waals surface area contributed by atoms with Crippen LogP contribution in [0.25, 0.3) is 0 Å². The average Bonchev–Trinajstić information content (AvgIpc) is 2.30. The fourth-order valence-corrected chi connectivity index (χ4v) is 1.20. The van der Waals surface area contributed by atoms with Gasteiger partial charge in [-0.25, -0.2) is 0 Å². The number of amides is 1. The van der Waals surface area contributed by atoms with Gasteiger partial charge in [0.05, 0.1) is 0 Å². The molecule has 0 fully saturated rings. The average molecular weight is 270 g/mol. The summed E-state index contributed by atoms with van der Waals surface area (Å²) >= 11 is 0. The summed E-state index contributed by atoms with van der Waals surface area (Å²) in [4.78, 5) is 15.8. The summed E-state index contributed by atoms with van der Waals surface area (Å²) in [7, 11) is 1.75. The summed E-state index contributed by atoms with van der Waals surface area (Å²) in [6, 6.07) is 0.357.